The fraction of sp³-hybridized carbons (Fsp3) is 0.667. The predicted molar refractivity (Wildman–Crippen MR) is 152 cm³/mol. The van der Waals surface area contributed by atoms with Gasteiger partial charge in [-0.2, -0.15) is 0 Å². The van der Waals surface area contributed by atoms with Gasteiger partial charge in [-0.05, 0) is 58.1 Å². The van der Waals surface area contributed by atoms with Crippen molar-refractivity contribution in [2.45, 2.75) is 105 Å². The van der Waals surface area contributed by atoms with Crippen LogP contribution in [-0.2, 0) is 23.9 Å². The van der Waals surface area contributed by atoms with E-state index in [1.165, 1.54) is 0 Å². The molecule has 0 saturated carbocycles. The molecule has 0 saturated heterocycles. The molecule has 0 spiro atoms. The molecule has 0 aromatic heterocycles. The standard InChI is InChI=1S/C30H49N3O6/c1-9-12-15-20-33(28(36)25(21(4)10-2)32-29(37)39-30(6,7)8)26(23-17-14-13-16-22(23)5)27(35)31-19-18-24(34)38-11-3/h13-14,16-17,21,25-26H,9-12,15,18-20H2,1-8H3,(H,31,35)(H,32,37). The van der Waals surface area contributed by atoms with E-state index in [2.05, 4.69) is 17.6 Å². The number of benzene rings is 1. The summed E-state index contributed by atoms with van der Waals surface area (Å²) < 4.78 is 10.4. The third-order valence-electron chi connectivity index (χ3n) is 6.41. The minimum atomic E-state index is -0.940. The normalized spacial score (nSPS) is 13.5. The minimum Gasteiger partial charge on any atom is -0.466 e. The van der Waals surface area contributed by atoms with Crippen LogP contribution in [0.15, 0.2) is 24.3 Å². The zero-order chi connectivity index (χ0) is 29.6. The van der Waals surface area contributed by atoms with E-state index in [-0.39, 0.29) is 31.4 Å². The quantitative estimate of drug-likeness (QED) is 0.234. The number of hydrogen-bond acceptors (Lipinski definition) is 6. The smallest absolute Gasteiger partial charge is 0.408 e. The zero-order valence-corrected chi connectivity index (χ0v) is 25.1. The summed E-state index contributed by atoms with van der Waals surface area (Å²) in [4.78, 5) is 54.1. The third kappa shape index (κ3) is 11.7. The molecule has 3 atom stereocenters. The predicted octanol–water partition coefficient (Wildman–Crippen LogP) is 5.06. The number of carbonyl (C=O) groups is 4. The number of amides is 3. The molecule has 0 aliphatic carbocycles. The van der Waals surface area contributed by atoms with Crippen LogP contribution in [0, 0.1) is 12.8 Å². The topological polar surface area (TPSA) is 114 Å². The molecule has 0 bridgehead atoms. The molecule has 1 rings (SSSR count). The maximum Gasteiger partial charge on any atom is 0.408 e. The van der Waals surface area contributed by atoms with Crippen LogP contribution < -0.4 is 10.6 Å². The first-order valence-electron chi connectivity index (χ1n) is 14.1. The second kappa shape index (κ2) is 16.8. The summed E-state index contributed by atoms with van der Waals surface area (Å²) in [5.41, 5.74) is 0.823. The molecule has 0 heterocycles. The molecular formula is C30H49N3O6. The molecule has 0 fully saturated rings. The molecule has 0 aliphatic rings. The molecule has 2 N–H and O–H groups in total. The van der Waals surface area contributed by atoms with Gasteiger partial charge in [-0.1, -0.05) is 64.3 Å². The van der Waals surface area contributed by atoms with Crippen molar-refractivity contribution < 1.29 is 28.7 Å². The highest BCUT2D eigenvalue weighted by atomic mass is 16.6. The fourth-order valence-electron chi connectivity index (χ4n) is 4.16. The highest BCUT2D eigenvalue weighted by molar-refractivity contribution is 5.92. The van der Waals surface area contributed by atoms with Crippen molar-refractivity contribution in [3.05, 3.63) is 35.4 Å². The molecule has 3 amide bonds. The number of alkyl carbamates (subject to hydrolysis) is 1. The van der Waals surface area contributed by atoms with Crippen molar-refractivity contribution >= 4 is 23.9 Å². The lowest BCUT2D eigenvalue weighted by Crippen LogP contribution is -2.55. The second-order valence-electron chi connectivity index (χ2n) is 10.9. The third-order valence-corrected chi connectivity index (χ3v) is 6.41. The van der Waals surface area contributed by atoms with E-state index < -0.39 is 35.7 Å². The van der Waals surface area contributed by atoms with E-state index >= 15 is 0 Å². The van der Waals surface area contributed by atoms with Gasteiger partial charge >= 0.3 is 12.1 Å². The summed E-state index contributed by atoms with van der Waals surface area (Å²) >= 11 is 0. The van der Waals surface area contributed by atoms with Crippen LogP contribution in [0.4, 0.5) is 4.79 Å². The van der Waals surface area contributed by atoms with E-state index in [4.69, 9.17) is 9.47 Å². The van der Waals surface area contributed by atoms with Crippen LogP contribution >= 0.6 is 0 Å². The Morgan fingerprint density at radius 2 is 1.69 bits per heavy atom. The van der Waals surface area contributed by atoms with Gasteiger partial charge in [-0.25, -0.2) is 4.79 Å². The van der Waals surface area contributed by atoms with Crippen molar-refractivity contribution in [3.63, 3.8) is 0 Å². The Hall–Kier alpha value is -3.10. The molecule has 1 aromatic carbocycles. The average molecular weight is 548 g/mol. The van der Waals surface area contributed by atoms with Crippen LogP contribution in [0.3, 0.4) is 0 Å². The van der Waals surface area contributed by atoms with E-state index in [1.54, 1.807) is 32.6 Å². The van der Waals surface area contributed by atoms with E-state index in [0.29, 0.717) is 24.9 Å². The Morgan fingerprint density at radius 3 is 2.26 bits per heavy atom. The molecule has 39 heavy (non-hydrogen) atoms. The molecule has 0 aliphatic heterocycles. The summed E-state index contributed by atoms with van der Waals surface area (Å²) in [5, 5.41) is 5.61. The number of ether oxygens (including phenoxy) is 2. The Bertz CT molecular complexity index is 943. The SMILES string of the molecule is CCCCCN(C(=O)C(NC(=O)OC(C)(C)C)C(C)CC)C(C(=O)NCCC(=O)OCC)c1ccccc1C. The maximum absolute atomic E-state index is 14.2. The molecule has 9 nitrogen and oxygen atoms in total. The van der Waals surface area contributed by atoms with Crippen LogP contribution in [0.25, 0.3) is 0 Å². The lowest BCUT2D eigenvalue weighted by Gasteiger charge is -2.36. The number of unbranched alkanes of at least 4 members (excludes halogenated alkanes) is 2. The largest absolute Gasteiger partial charge is 0.466 e. The van der Waals surface area contributed by atoms with Gasteiger partial charge in [0.1, 0.15) is 17.7 Å². The minimum absolute atomic E-state index is 0.0273. The van der Waals surface area contributed by atoms with Crippen molar-refractivity contribution in [3.8, 4) is 0 Å². The summed E-state index contributed by atoms with van der Waals surface area (Å²) in [6, 6.07) is 5.62. The first-order chi connectivity index (χ1) is 18.4. The number of carbonyl (C=O) groups excluding carboxylic acids is 4. The molecule has 0 radical (unpaired) electrons. The van der Waals surface area contributed by atoms with E-state index in [9.17, 15) is 19.2 Å². The molecule has 220 valence electrons. The van der Waals surface area contributed by atoms with Gasteiger partial charge in [-0.15, -0.1) is 0 Å². The van der Waals surface area contributed by atoms with Gasteiger partial charge in [0.15, 0.2) is 0 Å². The summed E-state index contributed by atoms with van der Waals surface area (Å²) in [5.74, 6) is -1.35. The first kappa shape index (κ1) is 33.9. The lowest BCUT2D eigenvalue weighted by atomic mass is 9.94. The number of hydrogen-bond donors (Lipinski definition) is 2. The van der Waals surface area contributed by atoms with Gasteiger partial charge in [0.2, 0.25) is 11.8 Å². The van der Waals surface area contributed by atoms with Crippen LogP contribution in [0.5, 0.6) is 0 Å². The number of rotatable bonds is 15. The Balaban J connectivity index is 3.46. The average Bonchev–Trinajstić information content (AvgIpc) is 2.86. The van der Waals surface area contributed by atoms with Gasteiger partial charge in [0.05, 0.1) is 13.0 Å². The fourth-order valence-corrected chi connectivity index (χ4v) is 4.16. The summed E-state index contributed by atoms with van der Waals surface area (Å²) in [7, 11) is 0. The van der Waals surface area contributed by atoms with Crippen LogP contribution in [0.1, 0.15) is 97.7 Å². The van der Waals surface area contributed by atoms with E-state index in [0.717, 1.165) is 18.4 Å². The second-order valence-corrected chi connectivity index (χ2v) is 10.9. The summed E-state index contributed by atoms with van der Waals surface area (Å²) in [6.07, 6.45) is 2.49. The Kier molecular flexibility index (Phi) is 14.6. The van der Waals surface area contributed by atoms with Crippen LogP contribution in [-0.4, -0.2) is 60.1 Å². The number of aryl methyl sites for hydroxylation is 1. The van der Waals surface area contributed by atoms with Gasteiger partial charge in [-0.3, -0.25) is 14.4 Å². The number of nitrogens with one attached hydrogen (secondary N) is 2. The van der Waals surface area contributed by atoms with Crippen molar-refractivity contribution in [2.24, 2.45) is 5.92 Å². The molecule has 1 aromatic rings. The first-order valence-corrected chi connectivity index (χ1v) is 14.1. The van der Waals surface area contributed by atoms with Gasteiger partial charge in [0, 0.05) is 13.1 Å². The van der Waals surface area contributed by atoms with Crippen molar-refractivity contribution in [1.29, 1.82) is 0 Å². The highest BCUT2D eigenvalue weighted by Crippen LogP contribution is 2.27. The highest BCUT2D eigenvalue weighted by Gasteiger charge is 2.38. The number of esters is 1. The van der Waals surface area contributed by atoms with Crippen LogP contribution in [0.2, 0.25) is 0 Å². The number of nitrogens with zero attached hydrogens (tertiary/aromatic N) is 1. The maximum atomic E-state index is 14.2. The van der Waals surface area contributed by atoms with E-state index in [1.807, 2.05) is 45.0 Å². The van der Waals surface area contributed by atoms with Crippen molar-refractivity contribution in [2.75, 3.05) is 19.7 Å². The Labute approximate surface area is 234 Å². The molecule has 9 heteroatoms. The van der Waals surface area contributed by atoms with Gasteiger partial charge < -0.3 is 25.0 Å². The lowest BCUT2D eigenvalue weighted by molar-refractivity contribution is -0.145. The zero-order valence-electron chi connectivity index (χ0n) is 25.1. The monoisotopic (exact) mass is 547 g/mol. The van der Waals surface area contributed by atoms with Gasteiger partial charge in [0.25, 0.3) is 0 Å². The van der Waals surface area contributed by atoms with Crippen molar-refractivity contribution in [1.82, 2.24) is 15.5 Å². The summed E-state index contributed by atoms with van der Waals surface area (Å²) in [6.45, 7) is 15.5. The Morgan fingerprint density at radius 1 is 1.03 bits per heavy atom. The molecular weight excluding hydrogens is 498 g/mol. The molecule has 3 unspecified atom stereocenters.